The molecule has 1 saturated heterocycles. The Morgan fingerprint density at radius 1 is 1.15 bits per heavy atom. The van der Waals surface area contributed by atoms with Gasteiger partial charge in [0.2, 0.25) is 0 Å². The van der Waals surface area contributed by atoms with Crippen molar-refractivity contribution in [3.8, 4) is 0 Å². The van der Waals surface area contributed by atoms with E-state index in [1.54, 1.807) is 24.0 Å². The van der Waals surface area contributed by atoms with Gasteiger partial charge in [-0.15, -0.1) is 0 Å². The summed E-state index contributed by atoms with van der Waals surface area (Å²) in [5, 5.41) is 28.4. The Kier molecular flexibility index (Phi) is 6.38. The van der Waals surface area contributed by atoms with Gasteiger partial charge in [-0.2, -0.15) is 0 Å². The number of rotatable bonds is 4. The predicted octanol–water partition coefficient (Wildman–Crippen LogP) is 0.359. The Hall–Kier alpha value is -2.26. The highest BCUT2D eigenvalue weighted by Crippen LogP contribution is 2.21. The second-order valence-corrected chi connectivity index (χ2v) is 7.72. The van der Waals surface area contributed by atoms with Crippen LogP contribution in [0.3, 0.4) is 0 Å². The van der Waals surface area contributed by atoms with Crippen LogP contribution in [0.15, 0.2) is 12.1 Å². The highest BCUT2D eigenvalue weighted by atomic mass is 16.6. The molecule has 0 unspecified atom stereocenters. The standard InChI is InChI=1S/C18H27BN2O6/c1-12-13(10-16(22)23)9-14(11-15(12)19(25)26)20-5-7-21(8-6-20)17(24)27-18(2,3)4/h9,11,25-26H,5-8,10H2,1-4H3,(H,22,23). The summed E-state index contributed by atoms with van der Waals surface area (Å²) in [6, 6.07) is 3.42. The minimum absolute atomic E-state index is 0.197. The lowest BCUT2D eigenvalue weighted by atomic mass is 9.75. The zero-order chi connectivity index (χ0) is 20.4. The van der Waals surface area contributed by atoms with Crippen LogP contribution in [-0.4, -0.2) is 71.0 Å². The van der Waals surface area contributed by atoms with Gasteiger partial charge < -0.3 is 29.7 Å². The van der Waals surface area contributed by atoms with Crippen LogP contribution in [0.2, 0.25) is 0 Å². The Labute approximate surface area is 159 Å². The van der Waals surface area contributed by atoms with E-state index >= 15 is 0 Å². The van der Waals surface area contributed by atoms with Crippen molar-refractivity contribution in [1.29, 1.82) is 0 Å². The average molecular weight is 378 g/mol. The summed E-state index contributed by atoms with van der Waals surface area (Å²) < 4.78 is 5.38. The fraction of sp³-hybridized carbons (Fsp3) is 0.556. The molecule has 1 aromatic carbocycles. The van der Waals surface area contributed by atoms with Crippen LogP contribution in [-0.2, 0) is 16.0 Å². The molecular weight excluding hydrogens is 351 g/mol. The Balaban J connectivity index is 2.16. The molecule has 0 bridgehead atoms. The average Bonchev–Trinajstić information content (AvgIpc) is 2.54. The van der Waals surface area contributed by atoms with Crippen LogP contribution >= 0.6 is 0 Å². The van der Waals surface area contributed by atoms with Crippen LogP contribution in [0.4, 0.5) is 10.5 Å². The summed E-state index contributed by atoms with van der Waals surface area (Å²) in [6.45, 7) is 9.14. The summed E-state index contributed by atoms with van der Waals surface area (Å²) in [6.07, 6.45) is -0.554. The maximum Gasteiger partial charge on any atom is 0.488 e. The molecule has 0 saturated carbocycles. The molecule has 0 atom stereocenters. The lowest BCUT2D eigenvalue weighted by molar-refractivity contribution is -0.136. The van der Waals surface area contributed by atoms with Gasteiger partial charge in [0, 0.05) is 31.9 Å². The third-order valence-electron chi connectivity index (χ3n) is 4.46. The Morgan fingerprint density at radius 3 is 2.22 bits per heavy atom. The van der Waals surface area contributed by atoms with Crippen LogP contribution in [0.5, 0.6) is 0 Å². The molecule has 1 fully saturated rings. The number of hydrogen-bond donors (Lipinski definition) is 3. The van der Waals surface area contributed by atoms with Crippen molar-refractivity contribution < 1.29 is 29.5 Å². The number of ether oxygens (including phenoxy) is 1. The quantitative estimate of drug-likeness (QED) is 0.649. The zero-order valence-electron chi connectivity index (χ0n) is 16.2. The van der Waals surface area contributed by atoms with E-state index in [0.717, 1.165) is 0 Å². The van der Waals surface area contributed by atoms with E-state index in [4.69, 9.17) is 9.84 Å². The lowest BCUT2D eigenvalue weighted by Crippen LogP contribution is -2.50. The smallest absolute Gasteiger partial charge is 0.481 e. The van der Waals surface area contributed by atoms with Crippen molar-refractivity contribution in [3.05, 3.63) is 23.3 Å². The van der Waals surface area contributed by atoms with Gasteiger partial charge >= 0.3 is 19.2 Å². The minimum atomic E-state index is -1.68. The first-order valence-corrected chi connectivity index (χ1v) is 8.92. The van der Waals surface area contributed by atoms with Crippen LogP contribution in [0.1, 0.15) is 31.9 Å². The third kappa shape index (κ3) is 5.61. The molecule has 1 heterocycles. The number of carboxylic acids is 1. The van der Waals surface area contributed by atoms with E-state index in [-0.39, 0.29) is 12.5 Å². The molecule has 9 heteroatoms. The maximum absolute atomic E-state index is 12.2. The topological polar surface area (TPSA) is 111 Å². The number of piperazine rings is 1. The van der Waals surface area contributed by atoms with Crippen molar-refractivity contribution in [1.82, 2.24) is 4.90 Å². The summed E-state index contributed by atoms with van der Waals surface area (Å²) in [7, 11) is -1.68. The number of carboxylic acid groups (broad SMARTS) is 1. The van der Waals surface area contributed by atoms with Crippen LogP contribution in [0.25, 0.3) is 0 Å². The van der Waals surface area contributed by atoms with Crippen molar-refractivity contribution >= 4 is 30.3 Å². The maximum atomic E-state index is 12.2. The summed E-state index contributed by atoms with van der Waals surface area (Å²) in [5.41, 5.74) is 1.55. The first-order chi connectivity index (χ1) is 12.5. The van der Waals surface area contributed by atoms with Gasteiger partial charge in [-0.1, -0.05) is 0 Å². The number of amides is 1. The molecule has 1 aliphatic heterocycles. The Bertz CT molecular complexity index is 709. The van der Waals surface area contributed by atoms with Gasteiger partial charge in [0.15, 0.2) is 0 Å². The summed E-state index contributed by atoms with van der Waals surface area (Å²) in [5.74, 6) is -0.983. The number of nitrogens with zero attached hydrogens (tertiary/aromatic N) is 2. The van der Waals surface area contributed by atoms with E-state index in [2.05, 4.69) is 0 Å². The van der Waals surface area contributed by atoms with E-state index in [1.807, 2.05) is 25.7 Å². The normalized spacial score (nSPS) is 14.9. The van der Waals surface area contributed by atoms with E-state index in [9.17, 15) is 19.6 Å². The van der Waals surface area contributed by atoms with Gasteiger partial charge in [0.25, 0.3) is 0 Å². The van der Waals surface area contributed by atoms with Gasteiger partial charge in [-0.05, 0) is 56.4 Å². The molecule has 0 radical (unpaired) electrons. The highest BCUT2D eigenvalue weighted by Gasteiger charge is 2.27. The molecule has 1 amide bonds. The number of hydrogen-bond acceptors (Lipinski definition) is 6. The number of carbonyl (C=O) groups excluding carboxylic acids is 1. The van der Waals surface area contributed by atoms with Crippen molar-refractivity contribution in [2.45, 2.75) is 39.7 Å². The fourth-order valence-electron chi connectivity index (χ4n) is 3.05. The Morgan fingerprint density at radius 2 is 1.74 bits per heavy atom. The predicted molar refractivity (Wildman–Crippen MR) is 102 cm³/mol. The van der Waals surface area contributed by atoms with Crippen molar-refractivity contribution in [3.63, 3.8) is 0 Å². The van der Waals surface area contributed by atoms with Crippen molar-refractivity contribution in [2.75, 3.05) is 31.1 Å². The van der Waals surface area contributed by atoms with Crippen LogP contribution < -0.4 is 10.4 Å². The van der Waals surface area contributed by atoms with E-state index in [0.29, 0.717) is 48.5 Å². The van der Waals surface area contributed by atoms with Crippen molar-refractivity contribution in [2.24, 2.45) is 0 Å². The van der Waals surface area contributed by atoms with Gasteiger partial charge in [0.1, 0.15) is 5.60 Å². The largest absolute Gasteiger partial charge is 0.488 e. The van der Waals surface area contributed by atoms with Gasteiger partial charge in [0.05, 0.1) is 6.42 Å². The first-order valence-electron chi connectivity index (χ1n) is 8.92. The minimum Gasteiger partial charge on any atom is -0.481 e. The summed E-state index contributed by atoms with van der Waals surface area (Å²) in [4.78, 5) is 26.9. The molecule has 148 valence electrons. The van der Waals surface area contributed by atoms with E-state index in [1.165, 1.54) is 0 Å². The molecule has 0 spiro atoms. The van der Waals surface area contributed by atoms with Gasteiger partial charge in [-0.25, -0.2) is 4.79 Å². The number of anilines is 1. The molecule has 8 nitrogen and oxygen atoms in total. The second kappa shape index (κ2) is 8.18. The molecule has 27 heavy (non-hydrogen) atoms. The molecule has 0 aliphatic carbocycles. The third-order valence-corrected chi connectivity index (χ3v) is 4.46. The second-order valence-electron chi connectivity index (χ2n) is 7.72. The monoisotopic (exact) mass is 378 g/mol. The molecule has 3 N–H and O–H groups in total. The van der Waals surface area contributed by atoms with Crippen LogP contribution in [0, 0.1) is 6.92 Å². The summed E-state index contributed by atoms with van der Waals surface area (Å²) >= 11 is 0. The molecule has 2 rings (SSSR count). The fourth-order valence-corrected chi connectivity index (χ4v) is 3.05. The number of carbonyl (C=O) groups is 2. The molecular formula is C18H27BN2O6. The number of aliphatic carboxylic acids is 1. The molecule has 1 aliphatic rings. The van der Waals surface area contributed by atoms with E-state index < -0.39 is 18.7 Å². The van der Waals surface area contributed by atoms with Gasteiger partial charge in [-0.3, -0.25) is 4.79 Å². The molecule has 0 aromatic heterocycles. The zero-order valence-corrected chi connectivity index (χ0v) is 16.2. The first kappa shape index (κ1) is 21.0. The highest BCUT2D eigenvalue weighted by molar-refractivity contribution is 6.59. The lowest BCUT2D eigenvalue weighted by Gasteiger charge is -2.37. The molecule has 1 aromatic rings. The number of benzene rings is 1. The SMILES string of the molecule is Cc1c(CC(=O)O)cc(N2CCN(C(=O)OC(C)(C)C)CC2)cc1B(O)O.